The molecule has 0 aromatic heterocycles. The minimum atomic E-state index is -4.48. The summed E-state index contributed by atoms with van der Waals surface area (Å²) in [5.74, 6) is 0. The van der Waals surface area contributed by atoms with Gasteiger partial charge in [-0.2, -0.15) is 13.2 Å². The smallest absolute Gasteiger partial charge is 0.341 e. The monoisotopic (exact) mass is 224 g/mol. The summed E-state index contributed by atoms with van der Waals surface area (Å²) in [5, 5.41) is -0.188. The summed E-state index contributed by atoms with van der Waals surface area (Å²) in [6.45, 7) is 1.00. The zero-order valence-corrected chi connectivity index (χ0v) is 8.14. The molecule has 1 rings (SSSR count). The van der Waals surface area contributed by atoms with Crippen molar-refractivity contribution < 1.29 is 22.6 Å². The molecular formula is C8H8F3O2P. The van der Waals surface area contributed by atoms with Gasteiger partial charge in [0, 0.05) is 12.0 Å². The fourth-order valence-corrected chi connectivity index (χ4v) is 1.68. The van der Waals surface area contributed by atoms with Gasteiger partial charge in [0.25, 0.3) is 0 Å². The minimum absolute atomic E-state index is 0.188. The van der Waals surface area contributed by atoms with Gasteiger partial charge in [-0.3, -0.25) is 4.57 Å². The van der Waals surface area contributed by atoms with Crippen LogP contribution in [0.1, 0.15) is 5.56 Å². The predicted molar refractivity (Wildman–Crippen MR) is 46.8 cm³/mol. The molecule has 2 nitrogen and oxygen atoms in total. The fraction of sp³-hybridized carbons (Fsp3) is 0.250. The quantitative estimate of drug-likeness (QED) is 0.742. The SMILES string of the molecule is CP(=O)(O)c1cccc(C(F)(F)F)c1. The van der Waals surface area contributed by atoms with E-state index in [-0.39, 0.29) is 5.30 Å². The Balaban J connectivity index is 3.22. The maximum absolute atomic E-state index is 12.2. The topological polar surface area (TPSA) is 37.3 Å². The summed E-state index contributed by atoms with van der Waals surface area (Å²) in [4.78, 5) is 9.07. The fourth-order valence-electron chi connectivity index (χ4n) is 0.940. The molecular weight excluding hydrogens is 216 g/mol. The Labute approximate surface area is 78.8 Å². The van der Waals surface area contributed by atoms with Crippen LogP contribution in [-0.4, -0.2) is 11.6 Å². The molecule has 0 saturated carbocycles. The summed E-state index contributed by atoms with van der Waals surface area (Å²) in [6, 6.07) is 3.88. The molecule has 78 valence electrons. The van der Waals surface area contributed by atoms with Crippen LogP contribution in [0.25, 0.3) is 0 Å². The van der Waals surface area contributed by atoms with Gasteiger partial charge >= 0.3 is 6.18 Å². The van der Waals surface area contributed by atoms with Gasteiger partial charge in [-0.1, -0.05) is 6.07 Å². The van der Waals surface area contributed by atoms with Crippen molar-refractivity contribution in [2.45, 2.75) is 6.18 Å². The lowest BCUT2D eigenvalue weighted by molar-refractivity contribution is -0.137. The Kier molecular flexibility index (Phi) is 2.74. The van der Waals surface area contributed by atoms with Crippen LogP contribution in [0.3, 0.4) is 0 Å². The van der Waals surface area contributed by atoms with E-state index in [4.69, 9.17) is 4.89 Å². The minimum Gasteiger partial charge on any atom is -0.341 e. The van der Waals surface area contributed by atoms with Crippen molar-refractivity contribution in [3.05, 3.63) is 29.8 Å². The van der Waals surface area contributed by atoms with Crippen molar-refractivity contribution in [3.63, 3.8) is 0 Å². The second-order valence-electron chi connectivity index (χ2n) is 2.93. The third kappa shape index (κ3) is 2.59. The first kappa shape index (κ1) is 11.3. The lowest BCUT2D eigenvalue weighted by Crippen LogP contribution is -2.10. The van der Waals surface area contributed by atoms with Crippen LogP contribution >= 0.6 is 7.37 Å². The van der Waals surface area contributed by atoms with E-state index in [1.54, 1.807) is 0 Å². The third-order valence-corrected chi connectivity index (χ3v) is 2.89. The van der Waals surface area contributed by atoms with Gasteiger partial charge in [-0.25, -0.2) is 0 Å². The van der Waals surface area contributed by atoms with E-state index in [9.17, 15) is 17.7 Å². The molecule has 14 heavy (non-hydrogen) atoms. The zero-order valence-electron chi connectivity index (χ0n) is 7.25. The summed E-state index contributed by atoms with van der Waals surface area (Å²) in [7, 11) is -3.61. The molecule has 1 aromatic rings. The van der Waals surface area contributed by atoms with Crippen LogP contribution in [-0.2, 0) is 10.7 Å². The number of hydrogen-bond donors (Lipinski definition) is 1. The van der Waals surface area contributed by atoms with E-state index in [1.165, 1.54) is 6.07 Å². The summed E-state index contributed by atoms with van der Waals surface area (Å²) >= 11 is 0. The average molecular weight is 224 g/mol. The molecule has 0 heterocycles. The zero-order chi connectivity index (χ0) is 11.0. The average Bonchev–Trinajstić information content (AvgIpc) is 2.01. The predicted octanol–water partition coefficient (Wildman–Crippen LogP) is 2.23. The van der Waals surface area contributed by atoms with Crippen LogP contribution in [0.4, 0.5) is 13.2 Å². The normalized spacial score (nSPS) is 16.4. The molecule has 1 atom stereocenters. The van der Waals surface area contributed by atoms with Gasteiger partial charge in [0.1, 0.15) is 0 Å². The Morgan fingerprint density at radius 1 is 1.36 bits per heavy atom. The molecule has 0 bridgehead atoms. The Morgan fingerprint density at radius 2 is 1.93 bits per heavy atom. The molecule has 0 aliphatic carbocycles. The number of benzene rings is 1. The van der Waals surface area contributed by atoms with E-state index < -0.39 is 19.1 Å². The van der Waals surface area contributed by atoms with E-state index in [1.807, 2.05) is 0 Å². The first-order valence-corrected chi connectivity index (χ1v) is 5.80. The van der Waals surface area contributed by atoms with Gasteiger partial charge < -0.3 is 4.89 Å². The molecule has 1 aromatic carbocycles. The van der Waals surface area contributed by atoms with Gasteiger partial charge in [0.2, 0.25) is 7.37 Å². The molecule has 0 radical (unpaired) electrons. The third-order valence-electron chi connectivity index (χ3n) is 1.65. The number of halogens is 3. The Hall–Kier alpha value is -0.800. The molecule has 0 fully saturated rings. The molecule has 0 spiro atoms. The highest BCUT2D eigenvalue weighted by Crippen LogP contribution is 2.36. The van der Waals surface area contributed by atoms with Crippen LogP contribution in [0.2, 0.25) is 0 Å². The number of alkyl halides is 3. The number of hydrogen-bond acceptors (Lipinski definition) is 1. The highest BCUT2D eigenvalue weighted by Gasteiger charge is 2.31. The second-order valence-corrected chi connectivity index (χ2v) is 5.20. The lowest BCUT2D eigenvalue weighted by Gasteiger charge is -2.10. The molecule has 6 heteroatoms. The van der Waals surface area contributed by atoms with Crippen molar-refractivity contribution in [1.29, 1.82) is 0 Å². The molecule has 0 aliphatic rings. The van der Waals surface area contributed by atoms with Crippen LogP contribution in [0.5, 0.6) is 0 Å². The first-order valence-electron chi connectivity index (χ1n) is 3.69. The molecule has 0 saturated heterocycles. The van der Waals surface area contributed by atoms with Crippen LogP contribution < -0.4 is 5.30 Å². The lowest BCUT2D eigenvalue weighted by atomic mass is 10.2. The first-order chi connectivity index (χ1) is 6.21. The van der Waals surface area contributed by atoms with E-state index in [2.05, 4.69) is 0 Å². The van der Waals surface area contributed by atoms with Crippen molar-refractivity contribution in [2.75, 3.05) is 6.66 Å². The standard InChI is InChI=1S/C8H8F3O2P/c1-14(12,13)7-4-2-3-6(5-7)8(9,10)11/h2-5H,1H3,(H,12,13). The highest BCUT2D eigenvalue weighted by atomic mass is 31.2. The van der Waals surface area contributed by atoms with E-state index in [0.29, 0.717) is 6.07 Å². The van der Waals surface area contributed by atoms with Gasteiger partial charge in [0.15, 0.2) is 0 Å². The van der Waals surface area contributed by atoms with E-state index in [0.717, 1.165) is 18.8 Å². The van der Waals surface area contributed by atoms with Crippen LogP contribution in [0, 0.1) is 0 Å². The summed E-state index contributed by atoms with van der Waals surface area (Å²) in [6.07, 6.45) is -4.48. The largest absolute Gasteiger partial charge is 0.416 e. The van der Waals surface area contributed by atoms with Gasteiger partial charge in [0.05, 0.1) is 5.56 Å². The molecule has 1 unspecified atom stereocenters. The molecule has 0 aliphatic heterocycles. The van der Waals surface area contributed by atoms with Crippen LogP contribution in [0.15, 0.2) is 24.3 Å². The van der Waals surface area contributed by atoms with E-state index >= 15 is 0 Å². The van der Waals surface area contributed by atoms with Crippen molar-refractivity contribution in [3.8, 4) is 0 Å². The van der Waals surface area contributed by atoms with Gasteiger partial charge in [-0.15, -0.1) is 0 Å². The highest BCUT2D eigenvalue weighted by molar-refractivity contribution is 7.65. The summed E-state index contributed by atoms with van der Waals surface area (Å²) < 4.78 is 47.6. The molecule has 1 N–H and O–H groups in total. The maximum Gasteiger partial charge on any atom is 0.416 e. The second kappa shape index (κ2) is 3.41. The van der Waals surface area contributed by atoms with Crippen molar-refractivity contribution >= 4 is 12.7 Å². The van der Waals surface area contributed by atoms with Crippen molar-refractivity contribution in [2.24, 2.45) is 0 Å². The maximum atomic E-state index is 12.2. The van der Waals surface area contributed by atoms with Crippen molar-refractivity contribution in [1.82, 2.24) is 0 Å². The Bertz CT molecular complexity index is 380. The van der Waals surface area contributed by atoms with Gasteiger partial charge in [-0.05, 0) is 18.2 Å². The summed E-state index contributed by atoms with van der Waals surface area (Å²) in [5.41, 5.74) is -0.911. The number of rotatable bonds is 1. The Morgan fingerprint density at radius 3 is 2.36 bits per heavy atom. The molecule has 0 amide bonds.